The van der Waals surface area contributed by atoms with E-state index in [0.717, 1.165) is 24.9 Å². The first kappa shape index (κ1) is 13.5. The summed E-state index contributed by atoms with van der Waals surface area (Å²) >= 11 is 0. The van der Waals surface area contributed by atoms with Crippen LogP contribution in [-0.2, 0) is 0 Å². The third-order valence-electron chi connectivity index (χ3n) is 3.98. The molecule has 2 rings (SSSR count). The van der Waals surface area contributed by atoms with Gasteiger partial charge in [-0.3, -0.25) is 0 Å². The van der Waals surface area contributed by atoms with E-state index in [1.165, 1.54) is 25.7 Å². The van der Waals surface area contributed by atoms with E-state index in [2.05, 4.69) is 12.2 Å². The summed E-state index contributed by atoms with van der Waals surface area (Å²) in [6.45, 7) is 3.22. The highest BCUT2D eigenvalue weighted by atomic mass is 19.1. The largest absolute Gasteiger partial charge is 0.313 e. The predicted molar refractivity (Wildman–Crippen MR) is 74.3 cm³/mol. The molecule has 0 amide bonds. The fourth-order valence-electron chi connectivity index (χ4n) is 3.03. The van der Waals surface area contributed by atoms with Gasteiger partial charge in [-0.1, -0.05) is 44.4 Å². The Labute approximate surface area is 110 Å². The summed E-state index contributed by atoms with van der Waals surface area (Å²) in [6, 6.07) is 7.75. The molecule has 0 spiro atoms. The van der Waals surface area contributed by atoms with Gasteiger partial charge in [-0.05, 0) is 37.4 Å². The predicted octanol–water partition coefficient (Wildman–Crippen LogP) is 4.24. The van der Waals surface area contributed by atoms with Gasteiger partial charge in [0.25, 0.3) is 0 Å². The lowest BCUT2D eigenvalue weighted by Gasteiger charge is -2.27. The molecule has 2 heteroatoms. The molecule has 0 radical (unpaired) electrons. The van der Waals surface area contributed by atoms with Crippen molar-refractivity contribution in [3.8, 4) is 0 Å². The van der Waals surface area contributed by atoms with Gasteiger partial charge in [0, 0.05) is 12.0 Å². The summed E-state index contributed by atoms with van der Waals surface area (Å²) in [5.74, 6) is 0.313. The molecule has 18 heavy (non-hydrogen) atoms. The van der Waals surface area contributed by atoms with E-state index < -0.39 is 0 Å². The Bertz CT molecular complexity index is 364. The Kier molecular flexibility index (Phi) is 5.18. The third-order valence-corrected chi connectivity index (χ3v) is 3.98. The topological polar surface area (TPSA) is 12.0 Å². The number of hydrogen-bond donors (Lipinski definition) is 1. The molecule has 0 aliphatic heterocycles. The first-order valence-corrected chi connectivity index (χ1v) is 7.30. The summed E-state index contributed by atoms with van der Waals surface area (Å²) in [5.41, 5.74) is 0.910. The average molecular weight is 249 g/mol. The Morgan fingerprint density at radius 3 is 2.72 bits per heavy atom. The van der Waals surface area contributed by atoms with Gasteiger partial charge in [0.15, 0.2) is 0 Å². The van der Waals surface area contributed by atoms with Crippen LogP contribution in [0.3, 0.4) is 0 Å². The molecule has 1 aromatic rings. The number of nitrogens with one attached hydrogen (secondary N) is 1. The molecule has 2 atom stereocenters. The zero-order valence-electron chi connectivity index (χ0n) is 11.3. The maximum absolute atomic E-state index is 14.0. The van der Waals surface area contributed by atoms with Crippen molar-refractivity contribution in [2.24, 2.45) is 0 Å². The first-order valence-electron chi connectivity index (χ1n) is 7.30. The van der Waals surface area contributed by atoms with E-state index in [1.54, 1.807) is 12.1 Å². The standard InChI is InChI=1S/C16H24FN/c1-2-12-18-16-11-5-3-4-9-14(16)13-8-6-7-10-15(13)17/h6-8,10,14,16,18H,2-5,9,11-12H2,1H3. The lowest BCUT2D eigenvalue weighted by atomic mass is 9.87. The van der Waals surface area contributed by atoms with Crippen LogP contribution in [0.5, 0.6) is 0 Å². The Morgan fingerprint density at radius 2 is 1.94 bits per heavy atom. The molecule has 1 aliphatic carbocycles. The van der Waals surface area contributed by atoms with Crippen molar-refractivity contribution in [2.45, 2.75) is 57.4 Å². The monoisotopic (exact) mass is 249 g/mol. The first-order chi connectivity index (χ1) is 8.83. The van der Waals surface area contributed by atoms with E-state index >= 15 is 0 Å². The van der Waals surface area contributed by atoms with Crippen molar-refractivity contribution in [1.82, 2.24) is 5.32 Å². The van der Waals surface area contributed by atoms with Crippen LogP contribution in [0, 0.1) is 5.82 Å². The van der Waals surface area contributed by atoms with Crippen molar-refractivity contribution in [1.29, 1.82) is 0 Å². The molecule has 0 aromatic heterocycles. The van der Waals surface area contributed by atoms with Crippen molar-refractivity contribution in [3.63, 3.8) is 0 Å². The molecule has 1 aliphatic rings. The molecule has 1 saturated carbocycles. The van der Waals surface area contributed by atoms with Crippen molar-refractivity contribution >= 4 is 0 Å². The second kappa shape index (κ2) is 6.89. The molecule has 1 aromatic carbocycles. The quantitative estimate of drug-likeness (QED) is 0.787. The second-order valence-electron chi connectivity index (χ2n) is 5.33. The average Bonchev–Trinajstić information content (AvgIpc) is 2.62. The van der Waals surface area contributed by atoms with E-state index in [9.17, 15) is 4.39 Å². The van der Waals surface area contributed by atoms with Gasteiger partial charge in [0.2, 0.25) is 0 Å². The third kappa shape index (κ3) is 3.32. The number of rotatable bonds is 4. The maximum atomic E-state index is 14.0. The molecule has 0 bridgehead atoms. The maximum Gasteiger partial charge on any atom is 0.126 e. The Balaban J connectivity index is 2.17. The smallest absolute Gasteiger partial charge is 0.126 e. The van der Waals surface area contributed by atoms with Gasteiger partial charge in [-0.15, -0.1) is 0 Å². The molecule has 0 saturated heterocycles. The lowest BCUT2D eigenvalue weighted by molar-refractivity contribution is 0.400. The summed E-state index contributed by atoms with van der Waals surface area (Å²) in [4.78, 5) is 0. The minimum atomic E-state index is -0.0345. The summed E-state index contributed by atoms with van der Waals surface area (Å²) in [7, 11) is 0. The highest BCUT2D eigenvalue weighted by Crippen LogP contribution is 2.33. The molecule has 1 N–H and O–H groups in total. The van der Waals surface area contributed by atoms with Crippen LogP contribution in [0.1, 0.15) is 56.9 Å². The molecular formula is C16H24FN. The second-order valence-corrected chi connectivity index (χ2v) is 5.33. The van der Waals surface area contributed by atoms with Gasteiger partial charge in [-0.2, -0.15) is 0 Å². The van der Waals surface area contributed by atoms with Crippen LogP contribution in [0.4, 0.5) is 4.39 Å². The lowest BCUT2D eigenvalue weighted by Crippen LogP contribution is -2.35. The minimum absolute atomic E-state index is 0.0345. The summed E-state index contributed by atoms with van der Waals surface area (Å²) < 4.78 is 14.0. The summed E-state index contributed by atoms with van der Waals surface area (Å²) in [6.07, 6.45) is 7.21. The molecule has 100 valence electrons. The zero-order chi connectivity index (χ0) is 12.8. The highest BCUT2D eigenvalue weighted by molar-refractivity contribution is 5.23. The Morgan fingerprint density at radius 1 is 1.17 bits per heavy atom. The van der Waals surface area contributed by atoms with Gasteiger partial charge in [-0.25, -0.2) is 4.39 Å². The van der Waals surface area contributed by atoms with Gasteiger partial charge >= 0.3 is 0 Å². The van der Waals surface area contributed by atoms with Crippen LogP contribution < -0.4 is 5.32 Å². The van der Waals surface area contributed by atoms with Gasteiger partial charge < -0.3 is 5.32 Å². The zero-order valence-corrected chi connectivity index (χ0v) is 11.3. The van der Waals surface area contributed by atoms with E-state index in [0.29, 0.717) is 12.0 Å². The van der Waals surface area contributed by atoms with E-state index in [-0.39, 0.29) is 5.82 Å². The normalized spacial score (nSPS) is 24.8. The van der Waals surface area contributed by atoms with E-state index in [1.807, 2.05) is 12.1 Å². The van der Waals surface area contributed by atoms with E-state index in [4.69, 9.17) is 0 Å². The SMILES string of the molecule is CCCNC1CCCCCC1c1ccccc1F. The highest BCUT2D eigenvalue weighted by Gasteiger charge is 2.26. The molecular weight excluding hydrogens is 225 g/mol. The van der Waals surface area contributed by atoms with Crippen LogP contribution in [-0.4, -0.2) is 12.6 Å². The minimum Gasteiger partial charge on any atom is -0.313 e. The van der Waals surface area contributed by atoms with Gasteiger partial charge in [0.05, 0.1) is 0 Å². The van der Waals surface area contributed by atoms with Crippen LogP contribution in [0.15, 0.2) is 24.3 Å². The van der Waals surface area contributed by atoms with Crippen molar-refractivity contribution < 1.29 is 4.39 Å². The number of benzene rings is 1. The molecule has 1 fully saturated rings. The van der Waals surface area contributed by atoms with Crippen LogP contribution in [0.25, 0.3) is 0 Å². The fraction of sp³-hybridized carbons (Fsp3) is 0.625. The van der Waals surface area contributed by atoms with Gasteiger partial charge in [0.1, 0.15) is 5.82 Å². The summed E-state index contributed by atoms with van der Waals surface area (Å²) in [5, 5.41) is 3.62. The van der Waals surface area contributed by atoms with Crippen LogP contribution >= 0.6 is 0 Å². The number of hydrogen-bond acceptors (Lipinski definition) is 1. The molecule has 2 unspecified atom stereocenters. The molecule has 0 heterocycles. The van der Waals surface area contributed by atoms with Crippen molar-refractivity contribution in [3.05, 3.63) is 35.6 Å². The fourth-order valence-corrected chi connectivity index (χ4v) is 3.03. The Hall–Kier alpha value is -0.890. The van der Waals surface area contributed by atoms with Crippen LogP contribution in [0.2, 0.25) is 0 Å². The van der Waals surface area contributed by atoms with Crippen molar-refractivity contribution in [2.75, 3.05) is 6.54 Å². The molecule has 1 nitrogen and oxygen atoms in total. The number of halogens is 1.